The highest BCUT2D eigenvalue weighted by Crippen LogP contribution is 2.30. The summed E-state index contributed by atoms with van der Waals surface area (Å²) in [5, 5.41) is 4.22. The zero-order chi connectivity index (χ0) is 9.10. The third-order valence-corrected chi connectivity index (χ3v) is 3.31. The van der Waals surface area contributed by atoms with E-state index >= 15 is 0 Å². The van der Waals surface area contributed by atoms with Crippen LogP contribution < -0.4 is 0 Å². The van der Waals surface area contributed by atoms with Crippen molar-refractivity contribution in [3.63, 3.8) is 0 Å². The molecule has 0 radical (unpaired) electrons. The Bertz CT molecular complexity index is 270. The molecule has 0 N–H and O–H groups in total. The fourth-order valence-corrected chi connectivity index (χ4v) is 2.61. The molecule has 1 atom stereocenters. The second-order valence-corrected chi connectivity index (χ2v) is 4.19. The molecule has 0 bridgehead atoms. The number of nitrogens with zero attached hydrogens (tertiary/aromatic N) is 1. The third kappa shape index (κ3) is 1.75. The van der Waals surface area contributed by atoms with E-state index in [1.54, 1.807) is 11.3 Å². The number of hydrogen-bond acceptors (Lipinski definition) is 2. The molecule has 1 saturated heterocycles. The average molecular weight is 195 g/mol. The van der Waals surface area contributed by atoms with Crippen LogP contribution in [0.2, 0.25) is 0 Å². The number of thiophene rings is 1. The first kappa shape index (κ1) is 8.75. The molecule has 0 spiro atoms. The van der Waals surface area contributed by atoms with Crippen molar-refractivity contribution in [1.82, 2.24) is 4.90 Å². The molecule has 0 aromatic carbocycles. The lowest BCUT2D eigenvalue weighted by Gasteiger charge is -2.32. The highest BCUT2D eigenvalue weighted by atomic mass is 32.1. The van der Waals surface area contributed by atoms with E-state index in [-0.39, 0.29) is 0 Å². The second-order valence-electron chi connectivity index (χ2n) is 3.41. The quantitative estimate of drug-likeness (QED) is 0.664. The van der Waals surface area contributed by atoms with Gasteiger partial charge >= 0.3 is 0 Å². The van der Waals surface area contributed by atoms with E-state index in [4.69, 9.17) is 0 Å². The predicted molar refractivity (Wildman–Crippen MR) is 53.7 cm³/mol. The standard InChI is InChI=1S/C10H13NOS/c12-8-11-5-2-1-3-10(11)9-4-6-13-7-9/h4,6-8,10H,1-3,5H2. The summed E-state index contributed by atoms with van der Waals surface area (Å²) >= 11 is 1.70. The molecular formula is C10H13NOS. The maximum Gasteiger partial charge on any atom is 0.210 e. The van der Waals surface area contributed by atoms with Gasteiger partial charge in [0, 0.05) is 6.54 Å². The van der Waals surface area contributed by atoms with E-state index in [1.165, 1.54) is 12.0 Å². The van der Waals surface area contributed by atoms with Gasteiger partial charge in [-0.2, -0.15) is 11.3 Å². The van der Waals surface area contributed by atoms with Gasteiger partial charge in [0.2, 0.25) is 6.41 Å². The molecule has 2 nitrogen and oxygen atoms in total. The van der Waals surface area contributed by atoms with E-state index in [9.17, 15) is 4.79 Å². The van der Waals surface area contributed by atoms with Crippen LogP contribution in [-0.4, -0.2) is 17.9 Å². The van der Waals surface area contributed by atoms with Gasteiger partial charge < -0.3 is 4.90 Å². The Hall–Kier alpha value is -0.830. The lowest BCUT2D eigenvalue weighted by atomic mass is 9.98. The molecule has 1 aromatic heterocycles. The summed E-state index contributed by atoms with van der Waals surface area (Å²) in [4.78, 5) is 12.7. The van der Waals surface area contributed by atoms with E-state index < -0.39 is 0 Å². The predicted octanol–water partition coefficient (Wildman–Crippen LogP) is 2.43. The van der Waals surface area contributed by atoms with Gasteiger partial charge in [0.15, 0.2) is 0 Å². The van der Waals surface area contributed by atoms with Gasteiger partial charge in [-0.25, -0.2) is 0 Å². The monoisotopic (exact) mass is 195 g/mol. The first-order valence-electron chi connectivity index (χ1n) is 4.65. The van der Waals surface area contributed by atoms with Crippen LogP contribution in [0.3, 0.4) is 0 Å². The van der Waals surface area contributed by atoms with Gasteiger partial charge in [0.05, 0.1) is 6.04 Å². The lowest BCUT2D eigenvalue weighted by Crippen LogP contribution is -2.31. The molecule has 70 valence electrons. The maximum absolute atomic E-state index is 10.8. The molecule has 1 amide bonds. The maximum atomic E-state index is 10.8. The molecule has 0 aliphatic carbocycles. The fraction of sp³-hybridized carbons (Fsp3) is 0.500. The number of hydrogen-bond donors (Lipinski definition) is 0. The van der Waals surface area contributed by atoms with E-state index in [0.717, 1.165) is 25.8 Å². The molecular weight excluding hydrogens is 182 g/mol. The summed E-state index contributed by atoms with van der Waals surface area (Å²) in [7, 11) is 0. The smallest absolute Gasteiger partial charge is 0.210 e. The molecule has 0 saturated carbocycles. The summed E-state index contributed by atoms with van der Waals surface area (Å²) in [6.45, 7) is 0.921. The molecule has 13 heavy (non-hydrogen) atoms. The summed E-state index contributed by atoms with van der Waals surface area (Å²) in [6.07, 6.45) is 4.50. The first-order chi connectivity index (χ1) is 6.42. The number of likely N-dealkylation sites (tertiary alicyclic amines) is 1. The number of carbonyl (C=O) groups excluding carboxylic acids is 1. The topological polar surface area (TPSA) is 20.3 Å². The minimum Gasteiger partial charge on any atom is -0.338 e. The zero-order valence-electron chi connectivity index (χ0n) is 7.48. The Balaban J connectivity index is 2.15. The van der Waals surface area contributed by atoms with Crippen molar-refractivity contribution in [3.8, 4) is 0 Å². The Morgan fingerprint density at radius 3 is 3.15 bits per heavy atom. The van der Waals surface area contributed by atoms with Crippen molar-refractivity contribution < 1.29 is 4.79 Å². The summed E-state index contributed by atoms with van der Waals surface area (Å²) in [5.41, 5.74) is 1.30. The number of amides is 1. The lowest BCUT2D eigenvalue weighted by molar-refractivity contribution is -0.121. The molecule has 1 unspecified atom stereocenters. The van der Waals surface area contributed by atoms with Gasteiger partial charge in [-0.3, -0.25) is 4.79 Å². The van der Waals surface area contributed by atoms with Crippen molar-refractivity contribution in [1.29, 1.82) is 0 Å². The number of rotatable bonds is 2. The van der Waals surface area contributed by atoms with E-state index in [0.29, 0.717) is 6.04 Å². The van der Waals surface area contributed by atoms with Crippen LogP contribution >= 0.6 is 11.3 Å². The minimum absolute atomic E-state index is 0.345. The van der Waals surface area contributed by atoms with E-state index in [1.807, 2.05) is 4.90 Å². The number of piperidine rings is 1. The van der Waals surface area contributed by atoms with Gasteiger partial charge in [-0.1, -0.05) is 0 Å². The third-order valence-electron chi connectivity index (χ3n) is 2.61. The van der Waals surface area contributed by atoms with Crippen LogP contribution in [-0.2, 0) is 4.79 Å². The highest BCUT2D eigenvalue weighted by molar-refractivity contribution is 7.07. The van der Waals surface area contributed by atoms with Crippen molar-refractivity contribution in [2.75, 3.05) is 6.54 Å². The van der Waals surface area contributed by atoms with Crippen molar-refractivity contribution in [2.45, 2.75) is 25.3 Å². The van der Waals surface area contributed by atoms with Crippen molar-refractivity contribution in [2.24, 2.45) is 0 Å². The zero-order valence-corrected chi connectivity index (χ0v) is 8.30. The normalized spacial score (nSPS) is 23.1. The van der Waals surface area contributed by atoms with Crippen LogP contribution in [0, 0.1) is 0 Å². The van der Waals surface area contributed by atoms with Crippen LogP contribution in [0.5, 0.6) is 0 Å². The van der Waals surface area contributed by atoms with Crippen LogP contribution in [0.1, 0.15) is 30.9 Å². The minimum atomic E-state index is 0.345. The Morgan fingerprint density at radius 1 is 1.54 bits per heavy atom. The Kier molecular flexibility index (Phi) is 2.64. The molecule has 1 aliphatic rings. The molecule has 2 rings (SSSR count). The first-order valence-corrected chi connectivity index (χ1v) is 5.59. The molecule has 1 fully saturated rings. The highest BCUT2D eigenvalue weighted by Gasteiger charge is 2.22. The van der Waals surface area contributed by atoms with Gasteiger partial charge in [0.1, 0.15) is 0 Å². The van der Waals surface area contributed by atoms with Crippen LogP contribution in [0.25, 0.3) is 0 Å². The van der Waals surface area contributed by atoms with Gasteiger partial charge in [-0.05, 0) is 41.7 Å². The van der Waals surface area contributed by atoms with Crippen molar-refractivity contribution in [3.05, 3.63) is 22.4 Å². The summed E-state index contributed by atoms with van der Waals surface area (Å²) in [6, 6.07) is 2.47. The average Bonchev–Trinajstić information content (AvgIpc) is 2.70. The molecule has 2 heterocycles. The van der Waals surface area contributed by atoms with Gasteiger partial charge in [0.25, 0.3) is 0 Å². The van der Waals surface area contributed by atoms with E-state index in [2.05, 4.69) is 16.8 Å². The van der Waals surface area contributed by atoms with Gasteiger partial charge in [-0.15, -0.1) is 0 Å². The van der Waals surface area contributed by atoms with Crippen LogP contribution in [0.15, 0.2) is 16.8 Å². The molecule has 3 heteroatoms. The Labute approximate surface area is 82.2 Å². The summed E-state index contributed by atoms with van der Waals surface area (Å²) < 4.78 is 0. The van der Waals surface area contributed by atoms with Crippen LogP contribution in [0.4, 0.5) is 0 Å². The fourth-order valence-electron chi connectivity index (χ4n) is 1.90. The van der Waals surface area contributed by atoms with Crippen molar-refractivity contribution >= 4 is 17.7 Å². The second kappa shape index (κ2) is 3.92. The largest absolute Gasteiger partial charge is 0.338 e. The SMILES string of the molecule is O=CN1CCCCC1c1ccsc1. The summed E-state index contributed by atoms with van der Waals surface area (Å²) in [5.74, 6) is 0. The Morgan fingerprint density at radius 2 is 2.46 bits per heavy atom. The number of carbonyl (C=O) groups is 1. The molecule has 1 aromatic rings. The molecule has 1 aliphatic heterocycles.